The van der Waals surface area contributed by atoms with Crippen LogP contribution >= 0.6 is 11.6 Å². The SMILES string of the molecule is FC(F)(F)C(F)(F)C(F)(F)COc1ccc(C2=NNC3C(Cl)=CC=CN23)cn1. The Morgan fingerprint density at radius 1 is 1.14 bits per heavy atom. The third-order valence-corrected chi connectivity index (χ3v) is 4.12. The van der Waals surface area contributed by atoms with E-state index in [0.29, 0.717) is 16.4 Å². The molecule has 0 saturated carbocycles. The molecule has 0 aliphatic carbocycles. The van der Waals surface area contributed by atoms with Crippen molar-refractivity contribution < 1.29 is 35.5 Å². The van der Waals surface area contributed by atoms with Crippen LogP contribution < -0.4 is 10.2 Å². The van der Waals surface area contributed by atoms with Gasteiger partial charge in [0.1, 0.15) is 0 Å². The number of allylic oxidation sites excluding steroid dienone is 2. The number of alkyl halides is 7. The van der Waals surface area contributed by atoms with Gasteiger partial charge in [0.05, 0.1) is 5.03 Å². The Hall–Kier alpha value is -2.50. The van der Waals surface area contributed by atoms with E-state index in [1.54, 1.807) is 23.3 Å². The Labute approximate surface area is 158 Å². The van der Waals surface area contributed by atoms with Gasteiger partial charge >= 0.3 is 18.0 Å². The first kappa shape index (κ1) is 20.2. The average molecular weight is 431 g/mol. The number of rotatable bonds is 5. The van der Waals surface area contributed by atoms with E-state index in [1.165, 1.54) is 6.07 Å². The molecule has 1 N–H and O–H groups in total. The molecule has 1 unspecified atom stereocenters. The number of nitrogens with zero attached hydrogens (tertiary/aromatic N) is 3. The minimum Gasteiger partial charge on any atom is -0.471 e. The summed E-state index contributed by atoms with van der Waals surface area (Å²) in [5.74, 6) is -11.9. The summed E-state index contributed by atoms with van der Waals surface area (Å²) in [6.45, 7) is -2.20. The minimum atomic E-state index is -6.42. The Kier molecular flexibility index (Phi) is 4.94. The largest absolute Gasteiger partial charge is 0.471 e. The number of amidine groups is 1. The van der Waals surface area contributed by atoms with Crippen LogP contribution in [0.5, 0.6) is 5.88 Å². The normalized spacial score (nSPS) is 19.7. The lowest BCUT2D eigenvalue weighted by Gasteiger charge is -2.27. The van der Waals surface area contributed by atoms with Crippen LogP contribution in [0.4, 0.5) is 30.7 Å². The fourth-order valence-corrected chi connectivity index (χ4v) is 2.54. The molecule has 0 bridgehead atoms. The van der Waals surface area contributed by atoms with Gasteiger partial charge in [0, 0.05) is 24.0 Å². The predicted molar refractivity (Wildman–Crippen MR) is 84.1 cm³/mol. The Morgan fingerprint density at radius 2 is 1.86 bits per heavy atom. The van der Waals surface area contributed by atoms with Crippen molar-refractivity contribution in [3.8, 4) is 5.88 Å². The molecule has 2 aliphatic rings. The second-order valence-electron chi connectivity index (χ2n) is 5.72. The van der Waals surface area contributed by atoms with Crippen LogP contribution in [0, 0.1) is 0 Å². The first-order valence-electron chi connectivity index (χ1n) is 7.51. The molecule has 152 valence electrons. The molecular weight excluding hydrogens is 421 g/mol. The van der Waals surface area contributed by atoms with Crippen molar-refractivity contribution in [3.63, 3.8) is 0 Å². The summed E-state index contributed by atoms with van der Waals surface area (Å²) < 4.78 is 92.8. The van der Waals surface area contributed by atoms with Crippen molar-refractivity contribution in [2.24, 2.45) is 5.10 Å². The average Bonchev–Trinajstić information content (AvgIpc) is 3.05. The molecule has 2 aliphatic heterocycles. The van der Waals surface area contributed by atoms with Gasteiger partial charge in [0.25, 0.3) is 0 Å². The topological polar surface area (TPSA) is 49.8 Å². The fraction of sp³-hybridized carbons (Fsp3) is 0.333. The molecule has 0 spiro atoms. The van der Waals surface area contributed by atoms with Crippen molar-refractivity contribution in [1.82, 2.24) is 15.3 Å². The Balaban J connectivity index is 1.68. The molecule has 0 aromatic carbocycles. The van der Waals surface area contributed by atoms with Gasteiger partial charge in [-0.25, -0.2) is 4.98 Å². The van der Waals surface area contributed by atoms with Gasteiger partial charge in [-0.05, 0) is 18.2 Å². The van der Waals surface area contributed by atoms with Gasteiger partial charge in [-0.3, -0.25) is 5.43 Å². The maximum atomic E-state index is 13.2. The van der Waals surface area contributed by atoms with Crippen molar-refractivity contribution in [3.05, 3.63) is 47.3 Å². The third kappa shape index (κ3) is 3.48. The van der Waals surface area contributed by atoms with Crippen molar-refractivity contribution in [1.29, 1.82) is 0 Å². The van der Waals surface area contributed by atoms with E-state index >= 15 is 0 Å². The number of pyridine rings is 1. The lowest BCUT2D eigenvalue weighted by atomic mass is 10.2. The number of halogens is 8. The van der Waals surface area contributed by atoms with Crippen molar-refractivity contribution in [2.75, 3.05) is 6.61 Å². The van der Waals surface area contributed by atoms with Crippen LogP contribution in [0.3, 0.4) is 0 Å². The monoisotopic (exact) mass is 430 g/mol. The van der Waals surface area contributed by atoms with Gasteiger partial charge in [0.15, 0.2) is 18.6 Å². The zero-order valence-corrected chi connectivity index (χ0v) is 14.3. The van der Waals surface area contributed by atoms with E-state index in [0.717, 1.165) is 12.3 Å². The summed E-state index contributed by atoms with van der Waals surface area (Å²) in [7, 11) is 0. The minimum absolute atomic E-state index is 0.375. The zero-order valence-electron chi connectivity index (χ0n) is 13.5. The van der Waals surface area contributed by atoms with E-state index in [-0.39, 0.29) is 0 Å². The molecule has 1 aromatic rings. The third-order valence-electron chi connectivity index (χ3n) is 3.79. The smallest absolute Gasteiger partial charge is 0.460 e. The number of ether oxygens (including phenoxy) is 1. The summed E-state index contributed by atoms with van der Waals surface area (Å²) in [5.41, 5.74) is 3.16. The standard InChI is InChI=1S/C15H10ClF7N4O/c16-9-2-1-5-27-11(25-26-12(9)27)8-3-4-10(24-6-8)28-7-13(17,18)14(19,20)15(21,22)23/h1-6,12,26H,7H2. The molecule has 0 radical (unpaired) electrons. The molecule has 28 heavy (non-hydrogen) atoms. The fourth-order valence-electron chi connectivity index (χ4n) is 2.31. The number of hydrazone groups is 1. The van der Waals surface area contributed by atoms with E-state index in [4.69, 9.17) is 11.6 Å². The molecule has 1 aromatic heterocycles. The Bertz CT molecular complexity index is 836. The van der Waals surface area contributed by atoms with E-state index in [9.17, 15) is 30.7 Å². The number of hydrogen-bond acceptors (Lipinski definition) is 5. The van der Waals surface area contributed by atoms with Gasteiger partial charge in [-0.1, -0.05) is 11.6 Å². The molecule has 3 heterocycles. The highest BCUT2D eigenvalue weighted by Crippen LogP contribution is 2.46. The van der Waals surface area contributed by atoms with E-state index in [1.807, 2.05) is 0 Å². The van der Waals surface area contributed by atoms with Gasteiger partial charge < -0.3 is 9.64 Å². The van der Waals surface area contributed by atoms with Crippen LogP contribution in [0.1, 0.15) is 5.56 Å². The summed E-state index contributed by atoms with van der Waals surface area (Å²) in [5, 5.41) is 4.53. The van der Waals surface area contributed by atoms with Crippen LogP contribution in [-0.2, 0) is 0 Å². The van der Waals surface area contributed by atoms with E-state index in [2.05, 4.69) is 20.2 Å². The summed E-state index contributed by atoms with van der Waals surface area (Å²) in [6.07, 6.45) is -0.729. The molecule has 3 rings (SSSR count). The molecular formula is C15H10ClF7N4O. The molecule has 0 saturated heterocycles. The quantitative estimate of drug-likeness (QED) is 0.721. The summed E-state index contributed by atoms with van der Waals surface area (Å²) in [6, 6.07) is 2.36. The maximum absolute atomic E-state index is 13.2. The summed E-state index contributed by atoms with van der Waals surface area (Å²) in [4.78, 5) is 5.29. The van der Waals surface area contributed by atoms with E-state index < -0.39 is 36.7 Å². The first-order valence-corrected chi connectivity index (χ1v) is 7.89. The van der Waals surface area contributed by atoms with Crippen molar-refractivity contribution >= 4 is 17.4 Å². The first-order chi connectivity index (χ1) is 12.9. The zero-order chi connectivity index (χ0) is 20.7. The Morgan fingerprint density at radius 3 is 2.46 bits per heavy atom. The number of fused-ring (bicyclic) bond motifs is 1. The lowest BCUT2D eigenvalue weighted by molar-refractivity contribution is -0.358. The lowest BCUT2D eigenvalue weighted by Crippen LogP contribution is -2.54. The van der Waals surface area contributed by atoms with Crippen LogP contribution in [0.2, 0.25) is 0 Å². The molecule has 5 nitrogen and oxygen atoms in total. The van der Waals surface area contributed by atoms with Gasteiger partial charge in [-0.2, -0.15) is 35.8 Å². The molecule has 0 amide bonds. The van der Waals surface area contributed by atoms with Crippen molar-refractivity contribution in [2.45, 2.75) is 24.2 Å². The van der Waals surface area contributed by atoms with Gasteiger partial charge in [-0.15, -0.1) is 0 Å². The highest BCUT2D eigenvalue weighted by atomic mass is 35.5. The second kappa shape index (κ2) is 6.83. The number of hydrogen-bond donors (Lipinski definition) is 1. The molecule has 13 heteroatoms. The second-order valence-corrected chi connectivity index (χ2v) is 6.15. The number of nitrogens with one attached hydrogen (secondary N) is 1. The number of aromatic nitrogens is 1. The van der Waals surface area contributed by atoms with Crippen LogP contribution in [0.25, 0.3) is 0 Å². The van der Waals surface area contributed by atoms with Gasteiger partial charge in [0.2, 0.25) is 5.88 Å². The summed E-state index contributed by atoms with van der Waals surface area (Å²) >= 11 is 6.03. The van der Waals surface area contributed by atoms with Crippen LogP contribution in [0.15, 0.2) is 46.8 Å². The highest BCUT2D eigenvalue weighted by molar-refractivity contribution is 6.30. The highest BCUT2D eigenvalue weighted by Gasteiger charge is 2.73. The molecule has 0 fully saturated rings. The maximum Gasteiger partial charge on any atom is 0.460 e. The van der Waals surface area contributed by atoms with Crippen LogP contribution in [-0.4, -0.2) is 46.5 Å². The molecule has 1 atom stereocenters. The predicted octanol–water partition coefficient (Wildman–Crippen LogP) is 3.84.